The van der Waals surface area contributed by atoms with Crippen LogP contribution in [0, 0.1) is 0 Å². The summed E-state index contributed by atoms with van der Waals surface area (Å²) in [6.07, 6.45) is 4.27. The number of nitrogens with one attached hydrogen (secondary N) is 1. The van der Waals surface area contributed by atoms with Crippen LogP contribution in [0.2, 0.25) is 0 Å². The first-order chi connectivity index (χ1) is 8.92. The second-order valence-electron chi connectivity index (χ2n) is 4.86. The molecule has 96 valence electrons. The number of quaternary nitrogens is 1. The van der Waals surface area contributed by atoms with E-state index >= 15 is 0 Å². The molecule has 1 saturated heterocycles. The van der Waals surface area contributed by atoms with E-state index in [1.165, 1.54) is 53.7 Å². The maximum Gasteiger partial charge on any atom is 0.151 e. The maximum absolute atomic E-state index is 4.67. The number of nitrogens with zero attached hydrogens (tertiary/aromatic N) is 1. The highest BCUT2D eigenvalue weighted by Gasteiger charge is 2.13. The Bertz CT molecular complexity index is 470. The van der Waals surface area contributed by atoms with E-state index in [0.717, 1.165) is 5.52 Å². The molecule has 1 aliphatic heterocycles. The molecule has 1 N–H and O–H groups in total. The van der Waals surface area contributed by atoms with E-state index in [-0.39, 0.29) is 0 Å². The lowest BCUT2D eigenvalue weighted by Gasteiger charge is -2.22. The predicted octanol–water partition coefficient (Wildman–Crippen LogP) is 2.46. The van der Waals surface area contributed by atoms with Crippen LogP contribution in [0.3, 0.4) is 0 Å². The van der Waals surface area contributed by atoms with Gasteiger partial charge in [0, 0.05) is 5.75 Å². The van der Waals surface area contributed by atoms with Crippen molar-refractivity contribution in [1.82, 2.24) is 4.98 Å². The summed E-state index contributed by atoms with van der Waals surface area (Å²) < 4.78 is 2.54. The summed E-state index contributed by atoms with van der Waals surface area (Å²) in [6, 6.07) is 8.42. The summed E-state index contributed by atoms with van der Waals surface area (Å²) in [5, 5.41) is 0. The number of rotatable bonds is 4. The standard InChI is InChI=1S/C14H18N2S2/c1-4-8-16(9-5-1)10-11-17-14-15-12-6-2-3-7-13(12)18-14/h2-3,6-7H,1,4-5,8-11H2/p+1. The van der Waals surface area contributed by atoms with Gasteiger partial charge in [-0.15, -0.1) is 11.3 Å². The molecule has 2 nitrogen and oxygen atoms in total. The quantitative estimate of drug-likeness (QED) is 0.866. The molecule has 0 saturated carbocycles. The predicted molar refractivity (Wildman–Crippen MR) is 79.8 cm³/mol. The maximum atomic E-state index is 4.67. The third-order valence-corrected chi connectivity index (χ3v) is 5.70. The smallest absolute Gasteiger partial charge is 0.151 e. The molecule has 18 heavy (non-hydrogen) atoms. The van der Waals surface area contributed by atoms with E-state index < -0.39 is 0 Å². The Balaban J connectivity index is 1.53. The van der Waals surface area contributed by atoms with Gasteiger partial charge in [0.2, 0.25) is 0 Å². The number of para-hydroxylation sites is 1. The Kier molecular flexibility index (Phi) is 4.18. The average Bonchev–Trinajstić information content (AvgIpc) is 2.82. The molecule has 1 aromatic carbocycles. The number of thioether (sulfide) groups is 1. The first-order valence-electron chi connectivity index (χ1n) is 6.74. The molecule has 0 bridgehead atoms. The minimum atomic E-state index is 1.15. The van der Waals surface area contributed by atoms with Crippen molar-refractivity contribution in [3.63, 3.8) is 0 Å². The first-order valence-corrected chi connectivity index (χ1v) is 8.54. The second kappa shape index (κ2) is 6.04. The van der Waals surface area contributed by atoms with Crippen LogP contribution in [0.15, 0.2) is 28.6 Å². The SMILES string of the molecule is c1ccc2sc(SCC[NH+]3CCCCC3)nc2c1. The summed E-state index contributed by atoms with van der Waals surface area (Å²) in [5.74, 6) is 1.20. The van der Waals surface area contributed by atoms with Gasteiger partial charge < -0.3 is 4.90 Å². The van der Waals surface area contributed by atoms with Crippen LogP contribution < -0.4 is 4.90 Å². The molecule has 0 radical (unpaired) electrons. The van der Waals surface area contributed by atoms with Gasteiger partial charge in [-0.2, -0.15) is 0 Å². The van der Waals surface area contributed by atoms with Crippen molar-refractivity contribution < 1.29 is 4.90 Å². The normalized spacial score (nSPS) is 17.3. The molecule has 0 amide bonds. The van der Waals surface area contributed by atoms with Gasteiger partial charge in [0.1, 0.15) is 0 Å². The largest absolute Gasteiger partial charge is 0.334 e. The van der Waals surface area contributed by atoms with Gasteiger partial charge in [-0.1, -0.05) is 23.9 Å². The van der Waals surface area contributed by atoms with Crippen LogP contribution in [0.25, 0.3) is 10.2 Å². The van der Waals surface area contributed by atoms with Gasteiger partial charge in [-0.3, -0.25) is 0 Å². The Labute approximate surface area is 116 Å². The molecule has 1 aromatic heterocycles. The minimum absolute atomic E-state index is 1.15. The van der Waals surface area contributed by atoms with Crippen LogP contribution >= 0.6 is 23.1 Å². The van der Waals surface area contributed by atoms with Gasteiger partial charge in [0.05, 0.1) is 29.9 Å². The average molecular weight is 279 g/mol. The lowest BCUT2D eigenvalue weighted by molar-refractivity contribution is -0.902. The Morgan fingerprint density at radius 3 is 2.83 bits per heavy atom. The number of fused-ring (bicyclic) bond motifs is 1. The molecule has 1 aliphatic rings. The Hall–Kier alpha value is -0.580. The third-order valence-electron chi connectivity index (χ3n) is 3.52. The molecule has 0 aliphatic carbocycles. The van der Waals surface area contributed by atoms with Crippen LogP contribution in [0.1, 0.15) is 19.3 Å². The zero-order chi connectivity index (χ0) is 12.2. The van der Waals surface area contributed by atoms with Crippen LogP contribution in [0.5, 0.6) is 0 Å². The molecule has 2 heterocycles. The number of aromatic nitrogens is 1. The van der Waals surface area contributed by atoms with Crippen molar-refractivity contribution in [2.45, 2.75) is 23.6 Å². The zero-order valence-corrected chi connectivity index (χ0v) is 12.2. The fourth-order valence-electron chi connectivity index (χ4n) is 2.50. The van der Waals surface area contributed by atoms with Gasteiger partial charge >= 0.3 is 0 Å². The molecular formula is C14H19N2S2+. The summed E-state index contributed by atoms with van der Waals surface area (Å²) in [7, 11) is 0. The van der Waals surface area contributed by atoms with Crippen molar-refractivity contribution >= 4 is 33.3 Å². The van der Waals surface area contributed by atoms with Crippen molar-refractivity contribution in [1.29, 1.82) is 0 Å². The van der Waals surface area contributed by atoms with E-state index in [2.05, 4.69) is 29.2 Å². The molecule has 0 unspecified atom stereocenters. The monoisotopic (exact) mass is 279 g/mol. The molecular weight excluding hydrogens is 260 g/mol. The van der Waals surface area contributed by atoms with E-state index in [0.29, 0.717) is 0 Å². The fourth-order valence-corrected chi connectivity index (χ4v) is 4.68. The summed E-state index contributed by atoms with van der Waals surface area (Å²) in [4.78, 5) is 6.45. The van der Waals surface area contributed by atoms with Gasteiger partial charge in [-0.25, -0.2) is 4.98 Å². The Morgan fingerprint density at radius 1 is 1.17 bits per heavy atom. The lowest BCUT2D eigenvalue weighted by Crippen LogP contribution is -3.13. The summed E-state index contributed by atoms with van der Waals surface area (Å²) in [6.45, 7) is 4.04. The van der Waals surface area contributed by atoms with Crippen LogP contribution in [-0.2, 0) is 0 Å². The van der Waals surface area contributed by atoms with Gasteiger partial charge in [-0.05, 0) is 31.4 Å². The van der Waals surface area contributed by atoms with Crippen molar-refractivity contribution in [3.8, 4) is 0 Å². The van der Waals surface area contributed by atoms with Crippen molar-refractivity contribution in [2.75, 3.05) is 25.4 Å². The van der Waals surface area contributed by atoms with E-state index in [1.807, 2.05) is 23.1 Å². The topological polar surface area (TPSA) is 17.3 Å². The van der Waals surface area contributed by atoms with Crippen molar-refractivity contribution in [2.24, 2.45) is 0 Å². The molecule has 4 heteroatoms. The van der Waals surface area contributed by atoms with E-state index in [1.54, 1.807) is 4.90 Å². The number of likely N-dealkylation sites (tertiary alicyclic amines) is 1. The van der Waals surface area contributed by atoms with Gasteiger partial charge in [0.25, 0.3) is 0 Å². The number of benzene rings is 1. The number of hydrogen-bond donors (Lipinski definition) is 1. The fraction of sp³-hybridized carbons (Fsp3) is 0.500. The third kappa shape index (κ3) is 3.05. The minimum Gasteiger partial charge on any atom is -0.334 e. The summed E-state index contributed by atoms with van der Waals surface area (Å²) in [5.41, 5.74) is 1.15. The van der Waals surface area contributed by atoms with Gasteiger partial charge in [0.15, 0.2) is 4.34 Å². The van der Waals surface area contributed by atoms with Crippen LogP contribution in [-0.4, -0.2) is 30.4 Å². The van der Waals surface area contributed by atoms with Crippen LogP contribution in [0.4, 0.5) is 0 Å². The molecule has 1 fully saturated rings. The molecule has 0 atom stereocenters. The summed E-state index contributed by atoms with van der Waals surface area (Å²) >= 11 is 3.75. The van der Waals surface area contributed by atoms with E-state index in [4.69, 9.17) is 0 Å². The number of thiazole rings is 1. The molecule has 3 rings (SSSR count). The molecule has 0 spiro atoms. The highest BCUT2D eigenvalue weighted by atomic mass is 32.2. The Morgan fingerprint density at radius 2 is 2.00 bits per heavy atom. The van der Waals surface area contributed by atoms with E-state index in [9.17, 15) is 0 Å². The zero-order valence-electron chi connectivity index (χ0n) is 10.5. The second-order valence-corrected chi connectivity index (χ2v) is 7.23. The highest BCUT2D eigenvalue weighted by molar-refractivity contribution is 8.01. The number of hydrogen-bond acceptors (Lipinski definition) is 3. The molecule has 2 aromatic rings. The highest BCUT2D eigenvalue weighted by Crippen LogP contribution is 2.28. The number of piperidine rings is 1. The first kappa shape index (κ1) is 12.5. The lowest BCUT2D eigenvalue weighted by atomic mass is 10.1. The van der Waals surface area contributed by atoms with Crippen molar-refractivity contribution in [3.05, 3.63) is 24.3 Å².